The average Bonchev–Trinajstić information content (AvgIpc) is 3.06. The van der Waals surface area contributed by atoms with E-state index in [1.54, 1.807) is 6.92 Å². The molecule has 0 bridgehead atoms. The Bertz CT molecular complexity index is 1140. The summed E-state index contributed by atoms with van der Waals surface area (Å²) < 4.78 is 64.2. The molecule has 1 aliphatic rings. The van der Waals surface area contributed by atoms with Gasteiger partial charge in [-0.05, 0) is 12.8 Å². The first-order valence-electron chi connectivity index (χ1n) is 18.3. The zero-order chi connectivity index (χ0) is 40.1. The Morgan fingerprint density at radius 3 is 1.32 bits per heavy atom. The van der Waals surface area contributed by atoms with Crippen molar-refractivity contribution in [2.45, 2.75) is 172 Å². The van der Waals surface area contributed by atoms with Crippen LogP contribution in [0.15, 0.2) is 0 Å². The fourth-order valence-electron chi connectivity index (χ4n) is 5.68. The number of hydrogen-bond donors (Lipinski definition) is 8. The summed E-state index contributed by atoms with van der Waals surface area (Å²) in [5, 5.41) is 31.4. The fourth-order valence-corrected chi connectivity index (χ4v) is 7.79. The predicted octanol–water partition coefficient (Wildman–Crippen LogP) is 4.06. The third kappa shape index (κ3) is 23.1. The molecule has 0 saturated heterocycles. The average molecular weight is 831 g/mol. The Kier molecular flexibility index (Phi) is 24.7. The predicted molar refractivity (Wildman–Crippen MR) is 188 cm³/mol. The van der Waals surface area contributed by atoms with Crippen molar-refractivity contribution in [2.75, 3.05) is 13.2 Å². The highest BCUT2D eigenvalue weighted by Gasteiger charge is 2.56. The van der Waals surface area contributed by atoms with Crippen molar-refractivity contribution in [3.8, 4) is 0 Å². The van der Waals surface area contributed by atoms with Crippen molar-refractivity contribution in [1.82, 2.24) is 0 Å². The Balaban J connectivity index is 2.62. The van der Waals surface area contributed by atoms with Crippen LogP contribution < -0.4 is 0 Å². The van der Waals surface area contributed by atoms with E-state index in [0.29, 0.717) is 12.8 Å². The van der Waals surface area contributed by atoms with Gasteiger partial charge >= 0.3 is 35.4 Å². The van der Waals surface area contributed by atoms with Crippen molar-refractivity contribution >= 4 is 35.4 Å². The number of aliphatic hydroxyl groups excluding tert-OH is 3. The standard InChI is InChI=1S/C31H61O19P3/c1-3-5-6-7-8-9-10-11-12-13-14-15-16-17-18-20-24(32)45-21-23(47-25(33)19-4-2)22-46-53(43,44)50-31-27(35)29(48-51(37,38)39)26(34)30(28(31)36)49-52(40,41)42/h23,26-31,34-36H,3-22H2,1-2H3,(H,43,44)(H2,37,38,39)(H2,40,41,42)/t23-,26?,27+,28+,29-,30+,31?/m0/s1. The Morgan fingerprint density at radius 2 is 0.925 bits per heavy atom. The van der Waals surface area contributed by atoms with Crippen molar-refractivity contribution in [2.24, 2.45) is 0 Å². The molecule has 1 saturated carbocycles. The van der Waals surface area contributed by atoms with Crippen LogP contribution in [0.25, 0.3) is 0 Å². The van der Waals surface area contributed by atoms with Gasteiger partial charge in [0.2, 0.25) is 0 Å². The largest absolute Gasteiger partial charge is 0.472 e. The molecule has 0 radical (unpaired) electrons. The van der Waals surface area contributed by atoms with E-state index in [9.17, 15) is 43.5 Å². The minimum absolute atomic E-state index is 0.0540. The van der Waals surface area contributed by atoms with E-state index in [1.165, 1.54) is 64.2 Å². The van der Waals surface area contributed by atoms with Crippen molar-refractivity contribution in [3.63, 3.8) is 0 Å². The molecular formula is C31H61O19P3. The zero-order valence-electron chi connectivity index (χ0n) is 30.6. The van der Waals surface area contributed by atoms with E-state index < -0.39 is 91.3 Å². The molecule has 0 spiro atoms. The molecule has 53 heavy (non-hydrogen) atoms. The molecule has 0 aromatic carbocycles. The van der Waals surface area contributed by atoms with Gasteiger partial charge in [-0.25, -0.2) is 13.7 Å². The molecule has 1 fully saturated rings. The summed E-state index contributed by atoms with van der Waals surface area (Å²) in [4.78, 5) is 71.6. The van der Waals surface area contributed by atoms with Crippen LogP contribution in [-0.4, -0.2) is 108 Å². The second kappa shape index (κ2) is 26.1. The van der Waals surface area contributed by atoms with Crippen LogP contribution >= 0.6 is 23.5 Å². The lowest BCUT2D eigenvalue weighted by Gasteiger charge is -2.44. The van der Waals surface area contributed by atoms with E-state index in [1.807, 2.05) is 0 Å². The maximum absolute atomic E-state index is 12.9. The molecule has 0 heterocycles. The number of phosphoric ester groups is 3. The third-order valence-corrected chi connectivity index (χ3v) is 10.4. The second-order valence-electron chi connectivity index (χ2n) is 13.2. The highest BCUT2D eigenvalue weighted by atomic mass is 31.2. The number of phosphoric acid groups is 3. The smallest absolute Gasteiger partial charge is 0.462 e. The quantitative estimate of drug-likeness (QED) is 0.0287. The fraction of sp³-hybridized carbons (Fsp3) is 0.935. The number of ether oxygens (including phenoxy) is 2. The highest BCUT2D eigenvalue weighted by Crippen LogP contribution is 2.51. The summed E-state index contributed by atoms with van der Waals surface area (Å²) in [6.45, 7) is 2.39. The van der Waals surface area contributed by atoms with Crippen LogP contribution in [0.2, 0.25) is 0 Å². The molecule has 8 atom stereocenters. The lowest BCUT2D eigenvalue weighted by atomic mass is 9.85. The minimum Gasteiger partial charge on any atom is -0.462 e. The first kappa shape index (κ1) is 50.2. The van der Waals surface area contributed by atoms with Gasteiger partial charge in [-0.15, -0.1) is 0 Å². The molecule has 1 aliphatic carbocycles. The summed E-state index contributed by atoms with van der Waals surface area (Å²) >= 11 is 0. The summed E-state index contributed by atoms with van der Waals surface area (Å²) in [6.07, 6.45) is 1.43. The highest BCUT2D eigenvalue weighted by molar-refractivity contribution is 7.47. The Hall–Kier alpha value is -0.850. The number of esters is 2. The molecular weight excluding hydrogens is 769 g/mol. The lowest BCUT2D eigenvalue weighted by molar-refractivity contribution is -0.213. The monoisotopic (exact) mass is 830 g/mol. The Morgan fingerprint density at radius 1 is 0.528 bits per heavy atom. The summed E-state index contributed by atoms with van der Waals surface area (Å²) in [5.74, 6) is -1.37. The summed E-state index contributed by atoms with van der Waals surface area (Å²) in [6, 6.07) is 0. The molecule has 0 aromatic heterocycles. The SMILES string of the molecule is CCCCCCCCCCCCCCCCCC(=O)OC[C@@H](COP(=O)(O)OC1[C@H](O)[C@H](OP(=O)(O)O)C(O)[C@H](OP(=O)(O)O)[C@H]1O)OC(=O)CCC. The number of hydrogen-bond acceptors (Lipinski definition) is 14. The number of carbonyl (C=O) groups is 2. The third-order valence-electron chi connectivity index (χ3n) is 8.38. The van der Waals surface area contributed by atoms with Gasteiger partial charge in [0, 0.05) is 12.8 Å². The van der Waals surface area contributed by atoms with Gasteiger partial charge in [-0.3, -0.25) is 27.7 Å². The van der Waals surface area contributed by atoms with E-state index >= 15 is 0 Å². The van der Waals surface area contributed by atoms with Crippen LogP contribution in [0.5, 0.6) is 0 Å². The maximum atomic E-state index is 12.9. The van der Waals surface area contributed by atoms with E-state index in [0.717, 1.165) is 25.7 Å². The first-order chi connectivity index (χ1) is 24.8. The van der Waals surface area contributed by atoms with E-state index in [-0.39, 0.29) is 12.8 Å². The zero-order valence-corrected chi connectivity index (χ0v) is 33.3. The van der Waals surface area contributed by atoms with Crippen LogP contribution in [0.1, 0.15) is 129 Å². The van der Waals surface area contributed by atoms with Gasteiger partial charge < -0.3 is 49.3 Å². The van der Waals surface area contributed by atoms with Crippen molar-refractivity contribution in [1.29, 1.82) is 0 Å². The molecule has 8 N–H and O–H groups in total. The van der Waals surface area contributed by atoms with Crippen LogP contribution in [-0.2, 0) is 50.9 Å². The summed E-state index contributed by atoms with van der Waals surface area (Å²) in [5.41, 5.74) is 0. The molecule has 0 aliphatic heterocycles. The van der Waals surface area contributed by atoms with Gasteiger partial charge in [0.15, 0.2) is 6.10 Å². The minimum atomic E-state index is -5.53. The van der Waals surface area contributed by atoms with Crippen molar-refractivity contribution < 1.29 is 90.6 Å². The molecule has 19 nitrogen and oxygen atoms in total. The molecule has 314 valence electrons. The van der Waals surface area contributed by atoms with E-state index in [4.69, 9.17) is 38.1 Å². The molecule has 1 rings (SSSR count). The van der Waals surface area contributed by atoms with Gasteiger partial charge in [0.05, 0.1) is 6.61 Å². The molecule has 3 unspecified atom stereocenters. The van der Waals surface area contributed by atoms with Gasteiger partial charge in [0.25, 0.3) is 0 Å². The van der Waals surface area contributed by atoms with Crippen molar-refractivity contribution in [3.05, 3.63) is 0 Å². The second-order valence-corrected chi connectivity index (χ2v) is 17.0. The molecule has 0 aromatic rings. The van der Waals surface area contributed by atoms with Crippen LogP contribution in [0.3, 0.4) is 0 Å². The van der Waals surface area contributed by atoms with Gasteiger partial charge in [0.1, 0.15) is 43.2 Å². The first-order valence-corrected chi connectivity index (χ1v) is 22.9. The Labute approximate surface area is 311 Å². The van der Waals surface area contributed by atoms with Crippen LogP contribution in [0, 0.1) is 0 Å². The van der Waals surface area contributed by atoms with E-state index in [2.05, 4.69) is 16.0 Å². The van der Waals surface area contributed by atoms with Crippen LogP contribution in [0.4, 0.5) is 0 Å². The number of carbonyl (C=O) groups excluding carboxylic acids is 2. The normalized spacial score (nSPS) is 24.0. The topological polar surface area (TPSA) is 303 Å². The molecule has 0 amide bonds. The maximum Gasteiger partial charge on any atom is 0.472 e. The number of rotatable bonds is 30. The summed E-state index contributed by atoms with van der Waals surface area (Å²) in [7, 11) is -16.5. The van der Waals surface area contributed by atoms with Gasteiger partial charge in [-0.1, -0.05) is 104 Å². The lowest BCUT2D eigenvalue weighted by Crippen LogP contribution is -2.65. The number of aliphatic hydroxyl groups is 3. The number of unbranched alkanes of at least 4 members (excludes halogenated alkanes) is 14. The van der Waals surface area contributed by atoms with Gasteiger partial charge in [-0.2, -0.15) is 0 Å². The molecule has 22 heteroatoms.